The number of nitrogens with one attached hydrogen (secondary N) is 2. The van der Waals surface area contributed by atoms with Gasteiger partial charge in [0, 0.05) is 22.0 Å². The van der Waals surface area contributed by atoms with E-state index in [1.165, 1.54) is 6.20 Å². The number of nitrogens with zero attached hydrogens (tertiary/aromatic N) is 2. The average Bonchev–Trinajstić information content (AvgIpc) is 3.22. The molecule has 0 aliphatic rings. The highest BCUT2D eigenvalue weighted by atomic mass is 35.5. The first-order valence-electron chi connectivity index (χ1n) is 10.7. The van der Waals surface area contributed by atoms with Gasteiger partial charge in [-0.2, -0.15) is 5.10 Å². The van der Waals surface area contributed by atoms with E-state index >= 15 is 0 Å². The Morgan fingerprint density at radius 2 is 1.59 bits per heavy atom. The minimum absolute atomic E-state index is 0.249. The Kier molecular flexibility index (Phi) is 6.94. The first-order valence-corrected chi connectivity index (χ1v) is 11.1. The van der Waals surface area contributed by atoms with Crippen LogP contribution in [0.1, 0.15) is 33.3 Å². The quantitative estimate of drug-likeness (QED) is 0.358. The van der Waals surface area contributed by atoms with Crippen molar-refractivity contribution in [2.24, 2.45) is 0 Å². The zero-order valence-electron chi connectivity index (χ0n) is 18.7. The molecule has 4 aromatic rings. The van der Waals surface area contributed by atoms with Crippen molar-refractivity contribution in [3.05, 3.63) is 101 Å². The third kappa shape index (κ3) is 5.27. The van der Waals surface area contributed by atoms with Gasteiger partial charge in [-0.15, -0.1) is 0 Å². The Labute approximate surface area is 202 Å². The van der Waals surface area contributed by atoms with E-state index in [1.54, 1.807) is 65.3 Å². The van der Waals surface area contributed by atoms with Crippen LogP contribution in [0.5, 0.6) is 5.75 Å². The summed E-state index contributed by atoms with van der Waals surface area (Å²) in [6.45, 7) is 4.31. The summed E-state index contributed by atoms with van der Waals surface area (Å²) in [5.41, 5.74) is 3.60. The number of hydrogen-bond acceptors (Lipinski definition) is 4. The lowest BCUT2D eigenvalue weighted by Crippen LogP contribution is -2.14. The van der Waals surface area contributed by atoms with Gasteiger partial charge in [-0.25, -0.2) is 4.68 Å². The van der Waals surface area contributed by atoms with E-state index in [9.17, 15) is 9.59 Å². The molecule has 0 saturated carbocycles. The molecule has 0 spiro atoms. The van der Waals surface area contributed by atoms with Crippen LogP contribution >= 0.6 is 11.6 Å². The molecule has 1 heterocycles. The molecule has 0 fully saturated rings. The van der Waals surface area contributed by atoms with Crippen molar-refractivity contribution in [1.82, 2.24) is 9.78 Å². The molecule has 0 aliphatic carbocycles. The fourth-order valence-corrected chi connectivity index (χ4v) is 3.59. The van der Waals surface area contributed by atoms with Gasteiger partial charge in [0.15, 0.2) is 0 Å². The molecule has 7 nitrogen and oxygen atoms in total. The van der Waals surface area contributed by atoms with E-state index in [4.69, 9.17) is 16.3 Å². The second-order valence-corrected chi connectivity index (χ2v) is 7.91. The zero-order chi connectivity index (χ0) is 24.1. The summed E-state index contributed by atoms with van der Waals surface area (Å²) in [7, 11) is 0. The molecule has 0 saturated heterocycles. The van der Waals surface area contributed by atoms with Crippen LogP contribution in [0.25, 0.3) is 5.69 Å². The topological polar surface area (TPSA) is 85.2 Å². The van der Waals surface area contributed by atoms with E-state index in [-0.39, 0.29) is 11.8 Å². The SMILES string of the molecule is CCOc1ccc(NC(=O)c2ccc(NC(=O)c3cnn(-c4cccc(Cl)c4)c3C)cc2)cc1. The minimum atomic E-state index is -0.294. The predicted octanol–water partition coefficient (Wildman–Crippen LogP) is 5.74. The maximum absolute atomic E-state index is 12.8. The Balaban J connectivity index is 1.40. The first kappa shape index (κ1) is 23.1. The Bertz CT molecular complexity index is 1310. The fourth-order valence-electron chi connectivity index (χ4n) is 3.41. The third-order valence-electron chi connectivity index (χ3n) is 5.14. The highest BCUT2D eigenvalue weighted by Gasteiger charge is 2.16. The summed E-state index contributed by atoms with van der Waals surface area (Å²) >= 11 is 6.07. The largest absolute Gasteiger partial charge is 0.494 e. The van der Waals surface area contributed by atoms with Crippen molar-refractivity contribution in [3.63, 3.8) is 0 Å². The summed E-state index contributed by atoms with van der Waals surface area (Å²) in [4.78, 5) is 25.3. The van der Waals surface area contributed by atoms with Crippen LogP contribution in [0.15, 0.2) is 79.0 Å². The number of carbonyl (C=O) groups is 2. The lowest BCUT2D eigenvalue weighted by atomic mass is 10.1. The summed E-state index contributed by atoms with van der Waals surface area (Å²) in [6.07, 6.45) is 1.52. The van der Waals surface area contributed by atoms with Gasteiger partial charge < -0.3 is 15.4 Å². The fraction of sp³-hybridized carbons (Fsp3) is 0.115. The van der Waals surface area contributed by atoms with Crippen molar-refractivity contribution < 1.29 is 14.3 Å². The van der Waals surface area contributed by atoms with Gasteiger partial charge in [-0.1, -0.05) is 17.7 Å². The van der Waals surface area contributed by atoms with E-state index in [2.05, 4.69) is 15.7 Å². The number of ether oxygens (including phenoxy) is 1. The van der Waals surface area contributed by atoms with Crippen molar-refractivity contribution >= 4 is 34.8 Å². The molecule has 8 heteroatoms. The maximum atomic E-state index is 12.8. The molecule has 0 aliphatic heterocycles. The number of benzene rings is 3. The van der Waals surface area contributed by atoms with Gasteiger partial charge in [0.05, 0.1) is 29.7 Å². The number of amides is 2. The van der Waals surface area contributed by atoms with Crippen LogP contribution in [0.2, 0.25) is 5.02 Å². The highest BCUT2D eigenvalue weighted by Crippen LogP contribution is 2.20. The summed E-state index contributed by atoms with van der Waals surface area (Å²) in [5, 5.41) is 10.6. The molecule has 2 N–H and O–H groups in total. The average molecular weight is 475 g/mol. The van der Waals surface area contributed by atoms with E-state index in [1.807, 2.05) is 26.0 Å². The lowest BCUT2D eigenvalue weighted by molar-refractivity contribution is 0.101. The van der Waals surface area contributed by atoms with E-state index < -0.39 is 0 Å². The van der Waals surface area contributed by atoms with Gasteiger partial charge in [0.1, 0.15) is 5.75 Å². The number of rotatable bonds is 7. The number of halogens is 1. The molecule has 3 aromatic carbocycles. The van der Waals surface area contributed by atoms with Gasteiger partial charge in [-0.3, -0.25) is 9.59 Å². The molecular weight excluding hydrogens is 452 g/mol. The molecular formula is C26H23ClN4O3. The van der Waals surface area contributed by atoms with Crippen LogP contribution in [0, 0.1) is 6.92 Å². The summed E-state index contributed by atoms with van der Waals surface area (Å²) < 4.78 is 7.07. The molecule has 2 amide bonds. The van der Waals surface area contributed by atoms with Crippen molar-refractivity contribution in [2.45, 2.75) is 13.8 Å². The minimum Gasteiger partial charge on any atom is -0.494 e. The van der Waals surface area contributed by atoms with Crippen molar-refractivity contribution in [3.8, 4) is 11.4 Å². The monoisotopic (exact) mass is 474 g/mol. The highest BCUT2D eigenvalue weighted by molar-refractivity contribution is 6.30. The van der Waals surface area contributed by atoms with Gasteiger partial charge in [0.2, 0.25) is 0 Å². The smallest absolute Gasteiger partial charge is 0.259 e. The number of hydrogen-bond donors (Lipinski definition) is 2. The first-order chi connectivity index (χ1) is 16.4. The Hall–Kier alpha value is -4.10. The second kappa shape index (κ2) is 10.2. The maximum Gasteiger partial charge on any atom is 0.259 e. The van der Waals surface area contributed by atoms with Crippen molar-refractivity contribution in [2.75, 3.05) is 17.2 Å². The van der Waals surface area contributed by atoms with Crippen LogP contribution in [0.4, 0.5) is 11.4 Å². The molecule has 0 bridgehead atoms. The molecule has 0 unspecified atom stereocenters. The van der Waals surface area contributed by atoms with E-state index in [0.717, 1.165) is 11.4 Å². The number of carbonyl (C=O) groups excluding carboxylic acids is 2. The standard InChI is InChI=1S/C26H23ClN4O3/c1-3-34-23-13-11-21(12-14-23)29-25(32)18-7-9-20(10-8-18)30-26(33)24-16-28-31(17(24)2)22-6-4-5-19(27)15-22/h4-16H,3H2,1-2H3,(H,29,32)(H,30,33). The second-order valence-electron chi connectivity index (χ2n) is 7.48. The van der Waals surface area contributed by atoms with Crippen molar-refractivity contribution in [1.29, 1.82) is 0 Å². The Morgan fingerprint density at radius 3 is 2.24 bits per heavy atom. The number of aromatic nitrogens is 2. The van der Waals surface area contributed by atoms with Crippen LogP contribution in [0.3, 0.4) is 0 Å². The van der Waals surface area contributed by atoms with Crippen LogP contribution < -0.4 is 15.4 Å². The van der Waals surface area contributed by atoms with Gasteiger partial charge >= 0.3 is 0 Å². The van der Waals surface area contributed by atoms with Gasteiger partial charge in [0.25, 0.3) is 11.8 Å². The molecule has 0 atom stereocenters. The normalized spacial score (nSPS) is 10.6. The summed E-state index contributed by atoms with van der Waals surface area (Å²) in [5.74, 6) is 0.201. The lowest BCUT2D eigenvalue weighted by Gasteiger charge is -2.09. The third-order valence-corrected chi connectivity index (χ3v) is 5.37. The summed E-state index contributed by atoms with van der Waals surface area (Å²) in [6, 6.07) is 21.1. The molecule has 4 rings (SSSR count). The van der Waals surface area contributed by atoms with Crippen LogP contribution in [-0.2, 0) is 0 Å². The van der Waals surface area contributed by atoms with E-state index in [0.29, 0.717) is 39.8 Å². The number of anilines is 2. The Morgan fingerprint density at radius 1 is 0.941 bits per heavy atom. The van der Waals surface area contributed by atoms with Gasteiger partial charge in [-0.05, 0) is 80.6 Å². The van der Waals surface area contributed by atoms with Crippen LogP contribution in [-0.4, -0.2) is 28.2 Å². The molecule has 172 valence electrons. The zero-order valence-corrected chi connectivity index (χ0v) is 19.5. The predicted molar refractivity (Wildman–Crippen MR) is 133 cm³/mol. The molecule has 1 aromatic heterocycles. The molecule has 0 radical (unpaired) electrons. The molecule has 34 heavy (non-hydrogen) atoms.